The van der Waals surface area contributed by atoms with Crippen LogP contribution in [0.3, 0.4) is 0 Å². The van der Waals surface area contributed by atoms with Crippen LogP contribution < -0.4 is 16.6 Å². The van der Waals surface area contributed by atoms with Crippen LogP contribution in [-0.4, -0.2) is 15.5 Å². The Balaban J connectivity index is 2.22. The Labute approximate surface area is 87.0 Å². The predicted molar refractivity (Wildman–Crippen MR) is 56.1 cm³/mol. The van der Waals surface area contributed by atoms with E-state index in [1.165, 1.54) is 6.20 Å². The number of halogens is 1. The van der Waals surface area contributed by atoms with Crippen LogP contribution in [0.15, 0.2) is 6.20 Å². The highest BCUT2D eigenvalue weighted by Gasteiger charge is 2.37. The van der Waals surface area contributed by atoms with E-state index in [1.54, 1.807) is 0 Å². The molecule has 4 N–H and O–H groups in total. The summed E-state index contributed by atoms with van der Waals surface area (Å²) in [6, 6.07) is 0. The lowest BCUT2D eigenvalue weighted by atomic mass is 10.3. The van der Waals surface area contributed by atoms with Crippen molar-refractivity contribution in [3.8, 4) is 0 Å². The van der Waals surface area contributed by atoms with Gasteiger partial charge in [0, 0.05) is 5.54 Å². The fourth-order valence-corrected chi connectivity index (χ4v) is 1.26. The Morgan fingerprint density at radius 3 is 2.86 bits per heavy atom. The minimum atomic E-state index is 0.143. The zero-order valence-electron chi connectivity index (χ0n) is 7.84. The van der Waals surface area contributed by atoms with E-state index in [4.69, 9.17) is 17.4 Å². The first kappa shape index (κ1) is 9.48. The molecule has 1 aliphatic rings. The number of nitrogens with two attached hydrogens (primary N) is 1. The first-order valence-corrected chi connectivity index (χ1v) is 4.78. The van der Waals surface area contributed by atoms with Gasteiger partial charge >= 0.3 is 0 Å². The van der Waals surface area contributed by atoms with Gasteiger partial charge in [-0.1, -0.05) is 11.6 Å². The molecule has 1 heterocycles. The van der Waals surface area contributed by atoms with Crippen molar-refractivity contribution in [3.63, 3.8) is 0 Å². The highest BCUT2D eigenvalue weighted by Crippen LogP contribution is 2.39. The first-order chi connectivity index (χ1) is 6.63. The molecule has 0 saturated heterocycles. The standard InChI is InChI=1S/C8H12ClN5/c1-8(2-3-8)13-6-5(9)4-11-7(12-6)14-10/h4H,2-3,10H2,1H3,(H2,11,12,13,14). The number of hydrazine groups is 1. The summed E-state index contributed by atoms with van der Waals surface area (Å²) in [7, 11) is 0. The molecule has 0 aromatic carbocycles. The highest BCUT2D eigenvalue weighted by atomic mass is 35.5. The minimum Gasteiger partial charge on any atom is -0.364 e. The minimum absolute atomic E-state index is 0.143. The Morgan fingerprint density at radius 1 is 1.57 bits per heavy atom. The molecule has 0 bridgehead atoms. The van der Waals surface area contributed by atoms with Gasteiger partial charge < -0.3 is 5.32 Å². The second-order valence-corrected chi connectivity index (χ2v) is 4.13. The van der Waals surface area contributed by atoms with Crippen molar-refractivity contribution in [2.45, 2.75) is 25.3 Å². The van der Waals surface area contributed by atoms with Crippen LogP contribution in [0, 0.1) is 0 Å². The van der Waals surface area contributed by atoms with Gasteiger partial charge in [-0.05, 0) is 19.8 Å². The molecule has 0 amide bonds. The Bertz CT molecular complexity index is 350. The number of nitrogen functional groups attached to an aromatic ring is 1. The van der Waals surface area contributed by atoms with Gasteiger partial charge in [-0.2, -0.15) is 4.98 Å². The fraction of sp³-hybridized carbons (Fsp3) is 0.500. The van der Waals surface area contributed by atoms with Crippen molar-refractivity contribution in [2.24, 2.45) is 5.84 Å². The van der Waals surface area contributed by atoms with Crippen molar-refractivity contribution < 1.29 is 0 Å². The van der Waals surface area contributed by atoms with E-state index in [9.17, 15) is 0 Å². The molecule has 76 valence electrons. The summed E-state index contributed by atoms with van der Waals surface area (Å²) >= 11 is 5.93. The third-order valence-corrected chi connectivity index (χ3v) is 2.57. The van der Waals surface area contributed by atoms with E-state index < -0.39 is 0 Å². The largest absolute Gasteiger partial charge is 0.364 e. The van der Waals surface area contributed by atoms with Gasteiger partial charge in [0.25, 0.3) is 0 Å². The van der Waals surface area contributed by atoms with Crippen molar-refractivity contribution >= 4 is 23.4 Å². The molecule has 1 fully saturated rings. The molecule has 1 saturated carbocycles. The molecular weight excluding hydrogens is 202 g/mol. The number of anilines is 2. The zero-order valence-corrected chi connectivity index (χ0v) is 8.60. The van der Waals surface area contributed by atoms with Gasteiger partial charge in [0.15, 0.2) is 5.82 Å². The van der Waals surface area contributed by atoms with Crippen molar-refractivity contribution in [1.29, 1.82) is 0 Å². The number of hydrogen-bond acceptors (Lipinski definition) is 5. The van der Waals surface area contributed by atoms with Crippen molar-refractivity contribution in [1.82, 2.24) is 9.97 Å². The summed E-state index contributed by atoms with van der Waals surface area (Å²) in [5.74, 6) is 6.20. The van der Waals surface area contributed by atoms with E-state index >= 15 is 0 Å². The number of nitrogens with zero attached hydrogens (tertiary/aromatic N) is 2. The monoisotopic (exact) mass is 213 g/mol. The van der Waals surface area contributed by atoms with Crippen LogP contribution >= 0.6 is 11.6 Å². The molecule has 6 heteroatoms. The van der Waals surface area contributed by atoms with Gasteiger partial charge in [0.05, 0.1) is 6.20 Å². The highest BCUT2D eigenvalue weighted by molar-refractivity contribution is 6.32. The van der Waals surface area contributed by atoms with E-state index in [1.807, 2.05) is 0 Å². The van der Waals surface area contributed by atoms with Crippen LogP contribution in [0.5, 0.6) is 0 Å². The maximum absolute atomic E-state index is 5.93. The van der Waals surface area contributed by atoms with Crippen LogP contribution in [0.25, 0.3) is 0 Å². The summed E-state index contributed by atoms with van der Waals surface area (Å²) < 4.78 is 0. The normalized spacial score (nSPS) is 17.6. The molecule has 0 spiro atoms. The summed E-state index contributed by atoms with van der Waals surface area (Å²) in [5.41, 5.74) is 2.52. The van der Waals surface area contributed by atoms with Crippen LogP contribution in [0.2, 0.25) is 5.02 Å². The Kier molecular flexibility index (Phi) is 2.20. The molecule has 0 atom stereocenters. The van der Waals surface area contributed by atoms with Gasteiger partial charge in [0.1, 0.15) is 5.02 Å². The maximum atomic E-state index is 5.93. The molecule has 14 heavy (non-hydrogen) atoms. The quantitative estimate of drug-likeness (QED) is 0.523. The smallest absolute Gasteiger partial charge is 0.239 e. The first-order valence-electron chi connectivity index (χ1n) is 4.40. The van der Waals surface area contributed by atoms with Crippen molar-refractivity contribution in [3.05, 3.63) is 11.2 Å². The topological polar surface area (TPSA) is 75.9 Å². The lowest BCUT2D eigenvalue weighted by Crippen LogP contribution is -2.19. The molecular formula is C8H12ClN5. The van der Waals surface area contributed by atoms with E-state index in [0.29, 0.717) is 16.8 Å². The number of rotatable bonds is 3. The van der Waals surface area contributed by atoms with E-state index in [2.05, 4.69) is 27.6 Å². The van der Waals surface area contributed by atoms with Gasteiger partial charge in [0.2, 0.25) is 5.95 Å². The molecule has 2 rings (SSSR count). The second kappa shape index (κ2) is 3.25. The van der Waals surface area contributed by atoms with Gasteiger partial charge in [-0.3, -0.25) is 5.43 Å². The third-order valence-electron chi connectivity index (χ3n) is 2.29. The average molecular weight is 214 g/mol. The molecule has 5 nitrogen and oxygen atoms in total. The second-order valence-electron chi connectivity index (χ2n) is 3.72. The van der Waals surface area contributed by atoms with Crippen LogP contribution in [-0.2, 0) is 0 Å². The zero-order chi connectivity index (χ0) is 10.2. The third kappa shape index (κ3) is 1.88. The Morgan fingerprint density at radius 2 is 2.29 bits per heavy atom. The lowest BCUT2D eigenvalue weighted by molar-refractivity contribution is 0.819. The van der Waals surface area contributed by atoms with Gasteiger partial charge in [-0.25, -0.2) is 10.8 Å². The molecule has 0 radical (unpaired) electrons. The maximum Gasteiger partial charge on any atom is 0.239 e. The van der Waals surface area contributed by atoms with Crippen LogP contribution in [0.4, 0.5) is 11.8 Å². The molecule has 1 aliphatic carbocycles. The fourth-order valence-electron chi connectivity index (χ4n) is 1.12. The number of hydrogen-bond donors (Lipinski definition) is 3. The lowest BCUT2D eigenvalue weighted by Gasteiger charge is -2.13. The molecule has 1 aromatic rings. The summed E-state index contributed by atoms with van der Waals surface area (Å²) in [6.07, 6.45) is 3.80. The Hall–Kier alpha value is -1.07. The molecule has 1 aromatic heterocycles. The molecule has 0 unspecified atom stereocenters. The summed E-state index contributed by atoms with van der Waals surface area (Å²) in [6.45, 7) is 2.13. The molecule has 0 aliphatic heterocycles. The van der Waals surface area contributed by atoms with E-state index in [0.717, 1.165) is 12.8 Å². The predicted octanol–water partition coefficient (Wildman–Crippen LogP) is 1.38. The van der Waals surface area contributed by atoms with Crippen LogP contribution in [0.1, 0.15) is 19.8 Å². The SMILES string of the molecule is CC1(Nc2nc(NN)ncc2Cl)CC1. The number of nitrogens with one attached hydrogen (secondary N) is 2. The summed E-state index contributed by atoms with van der Waals surface area (Å²) in [5, 5.41) is 3.77. The summed E-state index contributed by atoms with van der Waals surface area (Å²) in [4.78, 5) is 8.01. The van der Waals surface area contributed by atoms with Crippen molar-refractivity contribution in [2.75, 3.05) is 10.7 Å². The average Bonchev–Trinajstić information content (AvgIpc) is 2.88. The number of aromatic nitrogens is 2. The van der Waals surface area contributed by atoms with Gasteiger partial charge in [-0.15, -0.1) is 0 Å². The van der Waals surface area contributed by atoms with E-state index in [-0.39, 0.29) is 5.54 Å².